The molecule has 0 fully saturated rings. The second-order valence-electron chi connectivity index (χ2n) is 4.90. The molecule has 0 heterocycles. The van der Waals surface area contributed by atoms with Gasteiger partial charge in [-0.05, 0) is 36.6 Å². The number of halogens is 2. The Kier molecular flexibility index (Phi) is 5.74. The number of hydrogen-bond acceptors (Lipinski definition) is 2. The highest BCUT2D eigenvalue weighted by Crippen LogP contribution is 2.24. The molecular weight excluding hydrogens is 289 g/mol. The zero-order valence-corrected chi connectivity index (χ0v) is 12.7. The van der Waals surface area contributed by atoms with Crippen molar-refractivity contribution in [3.8, 4) is 0 Å². The van der Waals surface area contributed by atoms with E-state index in [4.69, 9.17) is 22.1 Å². The number of benzene rings is 2. The molecule has 0 aromatic heterocycles. The van der Waals surface area contributed by atoms with Crippen molar-refractivity contribution in [3.63, 3.8) is 0 Å². The SMILES string of the molecule is CCOC(c1ccccc1)C(N)Cc1ccc(Cl)c(F)c1. The Labute approximate surface area is 129 Å². The van der Waals surface area contributed by atoms with E-state index in [1.165, 1.54) is 6.07 Å². The second-order valence-corrected chi connectivity index (χ2v) is 5.31. The molecule has 0 aliphatic rings. The first-order chi connectivity index (χ1) is 10.1. The molecule has 112 valence electrons. The normalized spacial score (nSPS) is 13.9. The van der Waals surface area contributed by atoms with Gasteiger partial charge in [0, 0.05) is 12.6 Å². The molecule has 0 amide bonds. The van der Waals surface area contributed by atoms with Crippen molar-refractivity contribution < 1.29 is 9.13 Å². The standard InChI is InChI=1S/C17H19ClFNO/c1-2-21-17(13-6-4-3-5-7-13)16(20)11-12-8-9-14(18)15(19)10-12/h3-10,16-17H,2,11,20H2,1H3. The van der Waals surface area contributed by atoms with Gasteiger partial charge in [0.2, 0.25) is 0 Å². The van der Waals surface area contributed by atoms with Gasteiger partial charge in [-0.25, -0.2) is 4.39 Å². The Morgan fingerprint density at radius 1 is 1.19 bits per heavy atom. The van der Waals surface area contributed by atoms with Crippen molar-refractivity contribution in [2.45, 2.75) is 25.5 Å². The first-order valence-electron chi connectivity index (χ1n) is 6.98. The molecule has 2 rings (SSSR count). The van der Waals surface area contributed by atoms with Gasteiger partial charge >= 0.3 is 0 Å². The van der Waals surface area contributed by atoms with Crippen molar-refractivity contribution in [2.75, 3.05) is 6.61 Å². The summed E-state index contributed by atoms with van der Waals surface area (Å²) in [6.45, 7) is 2.51. The first-order valence-corrected chi connectivity index (χ1v) is 7.35. The van der Waals surface area contributed by atoms with Crippen LogP contribution < -0.4 is 5.73 Å². The maximum atomic E-state index is 13.5. The average molecular weight is 308 g/mol. The summed E-state index contributed by atoms with van der Waals surface area (Å²) in [5.41, 5.74) is 8.11. The van der Waals surface area contributed by atoms with Crippen LogP contribution in [0.5, 0.6) is 0 Å². The van der Waals surface area contributed by atoms with Gasteiger partial charge in [-0.3, -0.25) is 0 Å². The average Bonchev–Trinajstić information content (AvgIpc) is 2.49. The molecule has 2 nitrogen and oxygen atoms in total. The Morgan fingerprint density at radius 2 is 1.90 bits per heavy atom. The lowest BCUT2D eigenvalue weighted by Gasteiger charge is -2.24. The molecule has 2 unspecified atom stereocenters. The van der Waals surface area contributed by atoms with E-state index >= 15 is 0 Å². The van der Waals surface area contributed by atoms with Gasteiger partial charge in [0.15, 0.2) is 0 Å². The summed E-state index contributed by atoms with van der Waals surface area (Å²) < 4.78 is 19.3. The predicted octanol–water partition coefficient (Wildman–Crippen LogP) is 4.13. The van der Waals surface area contributed by atoms with Crippen LogP contribution in [0.1, 0.15) is 24.2 Å². The predicted molar refractivity (Wildman–Crippen MR) is 83.9 cm³/mol. The van der Waals surface area contributed by atoms with E-state index in [0.717, 1.165) is 11.1 Å². The summed E-state index contributed by atoms with van der Waals surface area (Å²) >= 11 is 5.69. The van der Waals surface area contributed by atoms with Crippen LogP contribution >= 0.6 is 11.6 Å². The van der Waals surface area contributed by atoms with Crippen LogP contribution in [0.4, 0.5) is 4.39 Å². The molecule has 0 saturated carbocycles. The molecule has 2 aromatic rings. The lowest BCUT2D eigenvalue weighted by Crippen LogP contribution is -2.32. The van der Waals surface area contributed by atoms with Crippen LogP contribution in [0.25, 0.3) is 0 Å². The molecule has 4 heteroatoms. The smallest absolute Gasteiger partial charge is 0.142 e. The third kappa shape index (κ3) is 4.27. The lowest BCUT2D eigenvalue weighted by molar-refractivity contribution is 0.0433. The quantitative estimate of drug-likeness (QED) is 0.871. The van der Waals surface area contributed by atoms with E-state index in [2.05, 4.69) is 0 Å². The topological polar surface area (TPSA) is 35.2 Å². The number of nitrogens with two attached hydrogens (primary N) is 1. The van der Waals surface area contributed by atoms with Crippen LogP contribution in [0.2, 0.25) is 5.02 Å². The van der Waals surface area contributed by atoms with E-state index < -0.39 is 5.82 Å². The van der Waals surface area contributed by atoms with Crippen molar-refractivity contribution in [3.05, 3.63) is 70.5 Å². The molecular formula is C17H19ClFNO. The summed E-state index contributed by atoms with van der Waals surface area (Å²) in [6.07, 6.45) is 0.308. The lowest BCUT2D eigenvalue weighted by atomic mass is 9.96. The first kappa shape index (κ1) is 16.0. The maximum Gasteiger partial charge on any atom is 0.142 e. The molecule has 0 saturated heterocycles. The highest BCUT2D eigenvalue weighted by molar-refractivity contribution is 6.30. The Morgan fingerprint density at radius 3 is 2.52 bits per heavy atom. The van der Waals surface area contributed by atoms with Gasteiger partial charge < -0.3 is 10.5 Å². The Balaban J connectivity index is 2.15. The number of ether oxygens (including phenoxy) is 1. The van der Waals surface area contributed by atoms with E-state index in [9.17, 15) is 4.39 Å². The number of rotatable bonds is 6. The van der Waals surface area contributed by atoms with E-state index in [1.54, 1.807) is 12.1 Å². The van der Waals surface area contributed by atoms with Crippen LogP contribution in [0.3, 0.4) is 0 Å². The van der Waals surface area contributed by atoms with Crippen molar-refractivity contribution in [1.82, 2.24) is 0 Å². The van der Waals surface area contributed by atoms with Gasteiger partial charge in [0.05, 0.1) is 11.1 Å². The largest absolute Gasteiger partial charge is 0.372 e. The highest BCUT2D eigenvalue weighted by Gasteiger charge is 2.20. The third-order valence-corrected chi connectivity index (χ3v) is 3.63. The minimum absolute atomic E-state index is 0.122. The molecule has 21 heavy (non-hydrogen) atoms. The van der Waals surface area contributed by atoms with Gasteiger partial charge in [0.1, 0.15) is 5.82 Å². The Hall–Kier alpha value is -1.42. The van der Waals surface area contributed by atoms with Gasteiger partial charge in [-0.15, -0.1) is 0 Å². The summed E-state index contributed by atoms with van der Waals surface area (Å²) in [6, 6.07) is 14.4. The third-order valence-electron chi connectivity index (χ3n) is 3.32. The molecule has 2 aromatic carbocycles. The zero-order chi connectivity index (χ0) is 15.2. The minimum atomic E-state index is -0.422. The van der Waals surface area contributed by atoms with Crippen LogP contribution in [-0.2, 0) is 11.2 Å². The van der Waals surface area contributed by atoms with Crippen molar-refractivity contribution >= 4 is 11.6 Å². The minimum Gasteiger partial charge on any atom is -0.372 e. The van der Waals surface area contributed by atoms with E-state index in [-0.39, 0.29) is 17.2 Å². The fourth-order valence-electron chi connectivity index (χ4n) is 2.34. The van der Waals surface area contributed by atoms with Crippen LogP contribution in [-0.4, -0.2) is 12.6 Å². The highest BCUT2D eigenvalue weighted by atomic mass is 35.5. The molecule has 0 spiro atoms. The summed E-state index contributed by atoms with van der Waals surface area (Å²) in [7, 11) is 0. The maximum absolute atomic E-state index is 13.5. The van der Waals surface area contributed by atoms with Crippen molar-refractivity contribution in [2.24, 2.45) is 5.73 Å². The van der Waals surface area contributed by atoms with Crippen LogP contribution in [0.15, 0.2) is 48.5 Å². The van der Waals surface area contributed by atoms with Crippen LogP contribution in [0, 0.1) is 5.82 Å². The summed E-state index contributed by atoms with van der Waals surface area (Å²) in [5, 5.41) is 0.122. The van der Waals surface area contributed by atoms with Gasteiger partial charge in [0.25, 0.3) is 0 Å². The van der Waals surface area contributed by atoms with Gasteiger partial charge in [-0.1, -0.05) is 48.0 Å². The monoisotopic (exact) mass is 307 g/mol. The molecule has 2 N–H and O–H groups in total. The summed E-state index contributed by atoms with van der Waals surface area (Å²) in [5.74, 6) is -0.422. The van der Waals surface area contributed by atoms with E-state index in [1.807, 2.05) is 37.3 Å². The molecule has 0 bridgehead atoms. The molecule has 0 aliphatic carbocycles. The zero-order valence-electron chi connectivity index (χ0n) is 11.9. The fourth-order valence-corrected chi connectivity index (χ4v) is 2.45. The van der Waals surface area contributed by atoms with E-state index in [0.29, 0.717) is 13.0 Å². The molecule has 0 aliphatic heterocycles. The Bertz CT molecular complexity index is 576. The molecule has 0 radical (unpaired) electrons. The summed E-state index contributed by atoms with van der Waals surface area (Å²) in [4.78, 5) is 0. The molecule has 2 atom stereocenters. The number of hydrogen-bond donors (Lipinski definition) is 1. The van der Waals surface area contributed by atoms with Gasteiger partial charge in [-0.2, -0.15) is 0 Å². The van der Waals surface area contributed by atoms with Crippen molar-refractivity contribution in [1.29, 1.82) is 0 Å². The fraction of sp³-hybridized carbons (Fsp3) is 0.294. The second kappa shape index (κ2) is 7.55.